The smallest absolute Gasteiger partial charge is 0.281 e. The fourth-order valence-electron chi connectivity index (χ4n) is 5.01. The quantitative estimate of drug-likeness (QED) is 0.397. The Bertz CT molecular complexity index is 1320. The highest BCUT2D eigenvalue weighted by molar-refractivity contribution is 6.08. The average Bonchev–Trinajstić information content (AvgIpc) is 3.34. The van der Waals surface area contributed by atoms with Gasteiger partial charge in [-0.1, -0.05) is 36.4 Å². The van der Waals surface area contributed by atoms with E-state index in [1.807, 2.05) is 48.5 Å². The van der Waals surface area contributed by atoms with E-state index in [1.165, 1.54) is 17.1 Å². The average molecular weight is 501 g/mol. The van der Waals surface area contributed by atoms with Crippen LogP contribution in [0.2, 0.25) is 0 Å². The zero-order valence-electron chi connectivity index (χ0n) is 20.9. The molecule has 3 aromatic carbocycles. The highest BCUT2D eigenvalue weighted by Crippen LogP contribution is 2.44. The molecule has 1 saturated carbocycles. The first-order chi connectivity index (χ1) is 18.1. The van der Waals surface area contributed by atoms with Gasteiger partial charge in [0.1, 0.15) is 11.5 Å². The molecule has 1 amide bonds. The summed E-state index contributed by atoms with van der Waals surface area (Å²) < 4.78 is 30.2. The van der Waals surface area contributed by atoms with Gasteiger partial charge in [-0.05, 0) is 78.4 Å². The number of rotatable bonds is 7. The molecule has 2 aliphatic rings. The molecule has 1 heterocycles. The third kappa shape index (κ3) is 5.21. The van der Waals surface area contributed by atoms with Gasteiger partial charge < -0.3 is 14.2 Å². The van der Waals surface area contributed by atoms with Crippen molar-refractivity contribution in [3.05, 3.63) is 95.3 Å². The van der Waals surface area contributed by atoms with Crippen molar-refractivity contribution in [1.82, 2.24) is 5.01 Å². The summed E-state index contributed by atoms with van der Waals surface area (Å²) in [6, 6.07) is 21.4. The van der Waals surface area contributed by atoms with Gasteiger partial charge in [0.25, 0.3) is 5.91 Å². The summed E-state index contributed by atoms with van der Waals surface area (Å²) in [5.41, 5.74) is 4.05. The molecule has 2 atom stereocenters. The van der Waals surface area contributed by atoms with E-state index in [1.54, 1.807) is 26.4 Å². The second kappa shape index (κ2) is 10.9. The Morgan fingerprint density at radius 2 is 1.68 bits per heavy atom. The fraction of sp³-hybridized carbons (Fsp3) is 0.267. The number of carbonyl (C=O) groups is 1. The Morgan fingerprint density at radius 1 is 1.00 bits per heavy atom. The normalized spacial score (nSPS) is 19.8. The number of benzene rings is 3. The van der Waals surface area contributed by atoms with Crippen LogP contribution in [0.25, 0.3) is 6.08 Å². The number of para-hydroxylation sites is 1. The van der Waals surface area contributed by atoms with E-state index in [4.69, 9.17) is 19.3 Å². The third-order valence-electron chi connectivity index (χ3n) is 6.86. The molecule has 0 radical (unpaired) electrons. The van der Waals surface area contributed by atoms with Crippen LogP contribution in [0.1, 0.15) is 36.4 Å². The molecule has 7 heteroatoms. The predicted molar refractivity (Wildman–Crippen MR) is 140 cm³/mol. The maximum Gasteiger partial charge on any atom is 0.281 e. The van der Waals surface area contributed by atoms with Crippen LogP contribution < -0.4 is 14.2 Å². The minimum atomic E-state index is -0.506. The Balaban J connectivity index is 1.46. The van der Waals surface area contributed by atoms with Gasteiger partial charge in [-0.15, -0.1) is 0 Å². The van der Waals surface area contributed by atoms with E-state index in [0.29, 0.717) is 0 Å². The molecule has 1 fully saturated rings. The zero-order chi connectivity index (χ0) is 25.8. The van der Waals surface area contributed by atoms with Crippen molar-refractivity contribution < 1.29 is 23.4 Å². The summed E-state index contributed by atoms with van der Waals surface area (Å²) in [5.74, 6) is 0.800. The first-order valence-corrected chi connectivity index (χ1v) is 12.3. The number of hydrogen-bond donors (Lipinski definition) is 0. The standard InChI is InChI=1S/C30H29FN2O4/c1-35-23-14-10-20(11-15-23)18-22-6-5-7-25-29(22)32-33(30(25)21-12-16-24(36-2)17-13-21)28(34)19-37-27-9-4-3-8-26(27)31/h3-4,8-18,25,30H,5-7,19H2,1-2H3/b22-18-/t25-,30-/m1/s1. The maximum absolute atomic E-state index is 14.1. The molecule has 0 aromatic heterocycles. The SMILES string of the molecule is COc1ccc(/C=C2/CCC[C@@H]3C2=NN(C(=O)COc2ccccc2F)[C@@H]3c2ccc(OC)cc2)cc1. The van der Waals surface area contributed by atoms with Crippen molar-refractivity contribution in [2.45, 2.75) is 25.3 Å². The van der Waals surface area contributed by atoms with Crippen LogP contribution in [0.3, 0.4) is 0 Å². The summed E-state index contributed by atoms with van der Waals surface area (Å²) >= 11 is 0. The highest BCUT2D eigenvalue weighted by atomic mass is 19.1. The number of allylic oxidation sites excluding steroid dienone is 1. The topological polar surface area (TPSA) is 60.4 Å². The lowest BCUT2D eigenvalue weighted by Gasteiger charge is -2.29. The summed E-state index contributed by atoms with van der Waals surface area (Å²) in [6.07, 6.45) is 4.92. The van der Waals surface area contributed by atoms with Gasteiger partial charge in [-0.25, -0.2) is 9.40 Å². The molecule has 3 aromatic rings. The van der Waals surface area contributed by atoms with Crippen LogP contribution in [0.5, 0.6) is 17.2 Å². The lowest BCUT2D eigenvalue weighted by Crippen LogP contribution is -2.34. The van der Waals surface area contributed by atoms with Crippen molar-refractivity contribution >= 4 is 17.7 Å². The predicted octanol–water partition coefficient (Wildman–Crippen LogP) is 6.04. The van der Waals surface area contributed by atoms with Crippen LogP contribution >= 0.6 is 0 Å². The van der Waals surface area contributed by atoms with Gasteiger partial charge in [0.2, 0.25) is 0 Å². The van der Waals surface area contributed by atoms with Crippen molar-refractivity contribution in [2.75, 3.05) is 20.8 Å². The van der Waals surface area contributed by atoms with E-state index < -0.39 is 5.82 Å². The summed E-state index contributed by atoms with van der Waals surface area (Å²) in [4.78, 5) is 13.4. The molecule has 190 valence electrons. The first-order valence-electron chi connectivity index (χ1n) is 12.3. The lowest BCUT2D eigenvalue weighted by atomic mass is 9.77. The second-order valence-electron chi connectivity index (χ2n) is 9.10. The van der Waals surface area contributed by atoms with Gasteiger partial charge in [-0.2, -0.15) is 5.10 Å². The number of nitrogens with zero attached hydrogens (tertiary/aromatic N) is 2. The molecular formula is C30H29FN2O4. The van der Waals surface area contributed by atoms with Crippen LogP contribution in [-0.2, 0) is 4.79 Å². The molecule has 37 heavy (non-hydrogen) atoms. The van der Waals surface area contributed by atoms with Crippen LogP contribution in [0.15, 0.2) is 83.5 Å². The fourth-order valence-corrected chi connectivity index (χ4v) is 5.01. The number of ether oxygens (including phenoxy) is 3. The largest absolute Gasteiger partial charge is 0.497 e. The monoisotopic (exact) mass is 500 g/mol. The molecule has 6 nitrogen and oxygen atoms in total. The summed E-state index contributed by atoms with van der Waals surface area (Å²) in [5, 5.41) is 6.38. The third-order valence-corrected chi connectivity index (χ3v) is 6.86. The molecule has 0 bridgehead atoms. The molecule has 0 spiro atoms. The van der Waals surface area contributed by atoms with Crippen molar-refractivity contribution in [2.24, 2.45) is 11.0 Å². The summed E-state index contributed by atoms with van der Waals surface area (Å²) in [7, 11) is 3.27. The molecule has 0 saturated heterocycles. The van der Waals surface area contributed by atoms with E-state index in [9.17, 15) is 9.18 Å². The minimum absolute atomic E-state index is 0.0428. The second-order valence-corrected chi connectivity index (χ2v) is 9.10. The van der Waals surface area contributed by atoms with E-state index in [0.717, 1.165) is 53.2 Å². The van der Waals surface area contributed by atoms with Gasteiger partial charge >= 0.3 is 0 Å². The Morgan fingerprint density at radius 3 is 2.35 bits per heavy atom. The van der Waals surface area contributed by atoms with E-state index >= 15 is 0 Å². The maximum atomic E-state index is 14.1. The van der Waals surface area contributed by atoms with Gasteiger partial charge in [0, 0.05) is 5.92 Å². The molecule has 0 unspecified atom stereocenters. The van der Waals surface area contributed by atoms with Crippen molar-refractivity contribution in [3.63, 3.8) is 0 Å². The zero-order valence-corrected chi connectivity index (χ0v) is 20.9. The van der Waals surface area contributed by atoms with E-state index in [2.05, 4.69) is 6.08 Å². The number of hydrogen-bond acceptors (Lipinski definition) is 5. The Kier molecular flexibility index (Phi) is 7.21. The van der Waals surface area contributed by atoms with Gasteiger partial charge in [-0.3, -0.25) is 4.79 Å². The Hall–Kier alpha value is -4.13. The van der Waals surface area contributed by atoms with E-state index in [-0.39, 0.29) is 30.2 Å². The molecule has 1 aliphatic carbocycles. The highest BCUT2D eigenvalue weighted by Gasteiger charge is 2.43. The molecule has 1 aliphatic heterocycles. The van der Waals surface area contributed by atoms with Crippen LogP contribution in [0.4, 0.5) is 4.39 Å². The molecule has 0 N–H and O–H groups in total. The van der Waals surface area contributed by atoms with Gasteiger partial charge in [0.05, 0.1) is 26.0 Å². The number of hydrazone groups is 1. The number of halogens is 1. The Labute approximate surface area is 216 Å². The number of fused-ring (bicyclic) bond motifs is 1. The lowest BCUT2D eigenvalue weighted by molar-refractivity contribution is -0.135. The number of amides is 1. The minimum Gasteiger partial charge on any atom is -0.497 e. The van der Waals surface area contributed by atoms with Crippen molar-refractivity contribution in [3.8, 4) is 17.2 Å². The van der Waals surface area contributed by atoms with Crippen LogP contribution in [0, 0.1) is 11.7 Å². The molecule has 5 rings (SSSR count). The van der Waals surface area contributed by atoms with Crippen molar-refractivity contribution in [1.29, 1.82) is 0 Å². The molecular weight excluding hydrogens is 471 g/mol. The first kappa shape index (κ1) is 24.6. The number of methoxy groups -OCH3 is 2. The number of carbonyl (C=O) groups excluding carboxylic acids is 1. The summed E-state index contributed by atoms with van der Waals surface area (Å²) in [6.45, 7) is -0.311. The van der Waals surface area contributed by atoms with Crippen LogP contribution in [-0.4, -0.2) is 37.5 Å². The van der Waals surface area contributed by atoms with Gasteiger partial charge in [0.15, 0.2) is 18.2 Å².